The molecule has 0 fully saturated rings. The van der Waals surface area contributed by atoms with Crippen LogP contribution in [0, 0.1) is 20.8 Å². The van der Waals surface area contributed by atoms with E-state index < -0.39 is 0 Å². The van der Waals surface area contributed by atoms with Crippen molar-refractivity contribution in [1.29, 1.82) is 0 Å². The van der Waals surface area contributed by atoms with E-state index in [9.17, 15) is 4.79 Å². The fourth-order valence-electron chi connectivity index (χ4n) is 2.82. The second-order valence-corrected chi connectivity index (χ2v) is 6.17. The molecule has 3 aromatic rings. The molecule has 2 heteroatoms. The lowest BCUT2D eigenvalue weighted by Crippen LogP contribution is -2.11. The first-order valence-electron chi connectivity index (χ1n) is 8.08. The van der Waals surface area contributed by atoms with E-state index in [1.54, 1.807) is 0 Å². The van der Waals surface area contributed by atoms with Gasteiger partial charge in [0.2, 0.25) is 0 Å². The van der Waals surface area contributed by atoms with Crippen LogP contribution < -0.4 is 4.90 Å². The summed E-state index contributed by atoms with van der Waals surface area (Å²) in [6, 6.07) is 22.8. The molecule has 24 heavy (non-hydrogen) atoms. The maximum atomic E-state index is 11.0. The average Bonchev–Trinajstić information content (AvgIpc) is 2.59. The first-order valence-corrected chi connectivity index (χ1v) is 8.08. The summed E-state index contributed by atoms with van der Waals surface area (Å²) in [5, 5.41) is 0. The van der Waals surface area contributed by atoms with Gasteiger partial charge in [-0.05, 0) is 68.8 Å². The Morgan fingerprint density at radius 3 is 1.62 bits per heavy atom. The number of rotatable bonds is 4. The molecule has 0 saturated heterocycles. The van der Waals surface area contributed by atoms with Gasteiger partial charge >= 0.3 is 0 Å². The van der Waals surface area contributed by atoms with Crippen molar-refractivity contribution in [3.63, 3.8) is 0 Å². The smallest absolute Gasteiger partial charge is 0.150 e. The Kier molecular flexibility index (Phi) is 4.48. The third-order valence-electron chi connectivity index (χ3n) is 4.18. The largest absolute Gasteiger partial charge is 0.310 e. The van der Waals surface area contributed by atoms with Gasteiger partial charge in [-0.2, -0.15) is 0 Å². The van der Waals surface area contributed by atoms with Gasteiger partial charge in [0.25, 0.3) is 0 Å². The van der Waals surface area contributed by atoms with Crippen LogP contribution >= 0.6 is 0 Å². The molecule has 3 rings (SSSR count). The molecule has 0 bridgehead atoms. The van der Waals surface area contributed by atoms with E-state index in [1.807, 2.05) is 25.1 Å². The minimum Gasteiger partial charge on any atom is -0.310 e. The highest BCUT2D eigenvalue weighted by atomic mass is 16.1. The van der Waals surface area contributed by atoms with Crippen LogP contribution in [0.1, 0.15) is 27.0 Å². The summed E-state index contributed by atoms with van der Waals surface area (Å²) in [6.07, 6.45) is 0.888. The Hall–Kier alpha value is -2.87. The standard InChI is InChI=1S/C22H21NO/c1-16-4-9-20(10-5-16)23(21-11-6-17(2)7-12-21)22-13-8-19(15-24)14-18(22)3/h4-15H,1-3H3. The molecule has 3 aromatic carbocycles. The van der Waals surface area contributed by atoms with Gasteiger partial charge in [-0.1, -0.05) is 35.4 Å². The molecule has 0 heterocycles. The van der Waals surface area contributed by atoms with Crippen LogP contribution in [0.25, 0.3) is 0 Å². The van der Waals surface area contributed by atoms with Crippen molar-refractivity contribution in [2.75, 3.05) is 4.90 Å². The quantitative estimate of drug-likeness (QED) is 0.559. The van der Waals surface area contributed by atoms with Gasteiger partial charge in [0, 0.05) is 22.6 Å². The Balaban J connectivity index is 2.16. The lowest BCUT2D eigenvalue weighted by molar-refractivity contribution is 0.112. The molecule has 0 radical (unpaired) electrons. The Morgan fingerprint density at radius 1 is 0.708 bits per heavy atom. The van der Waals surface area contributed by atoms with Crippen LogP contribution in [-0.4, -0.2) is 6.29 Å². The van der Waals surface area contributed by atoms with Gasteiger partial charge in [0.15, 0.2) is 0 Å². The number of nitrogens with zero attached hydrogens (tertiary/aromatic N) is 1. The van der Waals surface area contributed by atoms with Crippen LogP contribution in [0.15, 0.2) is 66.7 Å². The second-order valence-electron chi connectivity index (χ2n) is 6.17. The van der Waals surface area contributed by atoms with E-state index in [-0.39, 0.29) is 0 Å². The van der Waals surface area contributed by atoms with Crippen molar-refractivity contribution in [2.24, 2.45) is 0 Å². The number of hydrogen-bond acceptors (Lipinski definition) is 2. The summed E-state index contributed by atoms with van der Waals surface area (Å²) in [6.45, 7) is 6.21. The van der Waals surface area contributed by atoms with Crippen LogP contribution in [0.4, 0.5) is 17.1 Å². The highest BCUT2D eigenvalue weighted by molar-refractivity contribution is 5.82. The monoisotopic (exact) mass is 315 g/mol. The average molecular weight is 315 g/mol. The number of anilines is 3. The van der Waals surface area contributed by atoms with E-state index in [4.69, 9.17) is 0 Å². The van der Waals surface area contributed by atoms with Gasteiger partial charge in [-0.25, -0.2) is 0 Å². The normalized spacial score (nSPS) is 10.5. The molecule has 2 nitrogen and oxygen atoms in total. The van der Waals surface area contributed by atoms with Gasteiger partial charge < -0.3 is 4.90 Å². The number of carbonyl (C=O) groups is 1. The summed E-state index contributed by atoms with van der Waals surface area (Å²) < 4.78 is 0. The van der Waals surface area contributed by atoms with Gasteiger partial charge in [0.05, 0.1) is 0 Å². The van der Waals surface area contributed by atoms with Crippen LogP contribution in [0.5, 0.6) is 0 Å². The zero-order valence-corrected chi connectivity index (χ0v) is 14.3. The zero-order valence-electron chi connectivity index (χ0n) is 14.3. The highest BCUT2D eigenvalue weighted by Gasteiger charge is 2.14. The molecule has 0 N–H and O–H groups in total. The Bertz CT molecular complexity index is 803. The van der Waals surface area contributed by atoms with Crippen molar-refractivity contribution in [1.82, 2.24) is 0 Å². The lowest BCUT2D eigenvalue weighted by atomic mass is 10.1. The van der Waals surface area contributed by atoms with Gasteiger partial charge in [-0.15, -0.1) is 0 Å². The fraction of sp³-hybridized carbons (Fsp3) is 0.136. The Labute approximate surface area is 143 Å². The summed E-state index contributed by atoms with van der Waals surface area (Å²) in [4.78, 5) is 13.3. The molecule has 0 unspecified atom stereocenters. The number of hydrogen-bond donors (Lipinski definition) is 0. The molecule has 0 aromatic heterocycles. The maximum Gasteiger partial charge on any atom is 0.150 e. The molecule has 0 atom stereocenters. The SMILES string of the molecule is Cc1ccc(N(c2ccc(C)cc2)c2ccc(C=O)cc2C)cc1. The van der Waals surface area contributed by atoms with Crippen LogP contribution in [-0.2, 0) is 0 Å². The molecule has 0 aliphatic rings. The topological polar surface area (TPSA) is 20.3 Å². The van der Waals surface area contributed by atoms with E-state index in [0.717, 1.165) is 28.9 Å². The van der Waals surface area contributed by atoms with Gasteiger partial charge in [0.1, 0.15) is 6.29 Å². The maximum absolute atomic E-state index is 11.0. The van der Waals surface area contributed by atoms with Crippen molar-refractivity contribution < 1.29 is 4.79 Å². The minimum absolute atomic E-state index is 0.698. The minimum atomic E-state index is 0.698. The second kappa shape index (κ2) is 6.71. The number of benzene rings is 3. The summed E-state index contributed by atoms with van der Waals surface area (Å²) in [7, 11) is 0. The number of aryl methyl sites for hydroxylation is 3. The predicted octanol–water partition coefficient (Wildman–Crippen LogP) is 5.89. The van der Waals surface area contributed by atoms with E-state index in [2.05, 4.69) is 67.3 Å². The van der Waals surface area contributed by atoms with Crippen LogP contribution in [0.3, 0.4) is 0 Å². The zero-order chi connectivity index (χ0) is 17.1. The number of aldehydes is 1. The first-order chi connectivity index (χ1) is 11.6. The Morgan fingerprint density at radius 2 is 1.21 bits per heavy atom. The van der Waals surface area contributed by atoms with Crippen molar-refractivity contribution in [3.8, 4) is 0 Å². The van der Waals surface area contributed by atoms with E-state index in [1.165, 1.54) is 11.1 Å². The van der Waals surface area contributed by atoms with Crippen molar-refractivity contribution in [3.05, 3.63) is 89.0 Å². The van der Waals surface area contributed by atoms with Crippen LogP contribution in [0.2, 0.25) is 0 Å². The van der Waals surface area contributed by atoms with Crippen molar-refractivity contribution >= 4 is 23.3 Å². The molecular weight excluding hydrogens is 294 g/mol. The molecule has 120 valence electrons. The number of carbonyl (C=O) groups excluding carboxylic acids is 1. The summed E-state index contributed by atoms with van der Waals surface area (Å²) in [5.41, 5.74) is 7.52. The third kappa shape index (κ3) is 3.23. The van der Waals surface area contributed by atoms with Crippen molar-refractivity contribution in [2.45, 2.75) is 20.8 Å². The molecule has 0 saturated carbocycles. The molecule has 0 spiro atoms. The predicted molar refractivity (Wildman–Crippen MR) is 101 cm³/mol. The fourth-order valence-corrected chi connectivity index (χ4v) is 2.82. The first kappa shape index (κ1) is 16.0. The summed E-state index contributed by atoms with van der Waals surface area (Å²) in [5.74, 6) is 0. The third-order valence-corrected chi connectivity index (χ3v) is 4.18. The lowest BCUT2D eigenvalue weighted by Gasteiger charge is -2.27. The van der Waals surface area contributed by atoms with E-state index >= 15 is 0 Å². The molecule has 0 amide bonds. The molecule has 0 aliphatic heterocycles. The molecule has 0 aliphatic carbocycles. The highest BCUT2D eigenvalue weighted by Crippen LogP contribution is 2.36. The summed E-state index contributed by atoms with van der Waals surface area (Å²) >= 11 is 0. The van der Waals surface area contributed by atoms with E-state index in [0.29, 0.717) is 5.56 Å². The van der Waals surface area contributed by atoms with Gasteiger partial charge in [-0.3, -0.25) is 4.79 Å². The molecular formula is C22H21NO.